The molecule has 2 atom stereocenters. The van der Waals surface area contributed by atoms with Gasteiger partial charge in [-0.05, 0) is 51.7 Å². The second-order valence-corrected chi connectivity index (χ2v) is 7.49. The molecule has 2 heterocycles. The maximum Gasteiger partial charge on any atom is 0.240 e. The van der Waals surface area contributed by atoms with Crippen molar-refractivity contribution in [3.05, 3.63) is 0 Å². The highest BCUT2D eigenvalue weighted by atomic mass is 16.5. The maximum absolute atomic E-state index is 13.3. The number of hydrogen-bond donors (Lipinski definition) is 2. The van der Waals surface area contributed by atoms with Crippen molar-refractivity contribution in [3.8, 4) is 0 Å². The van der Waals surface area contributed by atoms with Gasteiger partial charge in [0.25, 0.3) is 0 Å². The molecular weight excluding hydrogens is 290 g/mol. The van der Waals surface area contributed by atoms with E-state index in [9.17, 15) is 4.79 Å². The molecule has 0 spiro atoms. The first-order valence-corrected chi connectivity index (χ1v) is 9.56. The van der Waals surface area contributed by atoms with E-state index in [1.807, 2.05) is 0 Å². The van der Waals surface area contributed by atoms with Gasteiger partial charge in [0.2, 0.25) is 5.91 Å². The monoisotopic (exact) mass is 323 g/mol. The minimum Gasteiger partial charge on any atom is -0.379 e. The second kappa shape index (κ2) is 7.95. The van der Waals surface area contributed by atoms with Crippen molar-refractivity contribution in [1.82, 2.24) is 15.5 Å². The average molecular weight is 323 g/mol. The summed E-state index contributed by atoms with van der Waals surface area (Å²) in [6, 6.07) is 0.102. The van der Waals surface area contributed by atoms with Gasteiger partial charge in [0.05, 0.1) is 12.1 Å². The molecule has 0 bridgehead atoms. The molecule has 5 heteroatoms. The van der Waals surface area contributed by atoms with Crippen LogP contribution in [0.15, 0.2) is 0 Å². The van der Waals surface area contributed by atoms with Gasteiger partial charge < -0.3 is 15.4 Å². The van der Waals surface area contributed by atoms with E-state index >= 15 is 0 Å². The number of piperidine rings is 2. The Kier molecular flexibility index (Phi) is 5.94. The van der Waals surface area contributed by atoms with Crippen LogP contribution in [0.5, 0.6) is 0 Å². The Labute approximate surface area is 140 Å². The zero-order valence-electron chi connectivity index (χ0n) is 14.6. The number of rotatable bonds is 4. The molecule has 0 aromatic rings. The molecule has 2 N–H and O–H groups in total. The standard InChI is InChI=1S/C18H33N3O2/c1-23-16-8-11-19-14-15(16)20-17(22)18(9-4-2-5-10-18)21-12-6-3-7-13-21/h15-16,19H,2-14H2,1H3,(H,20,22)/t15-,16+/m0/s1. The van der Waals surface area contributed by atoms with Gasteiger partial charge in [0, 0.05) is 13.7 Å². The Balaban J connectivity index is 1.71. The first-order chi connectivity index (χ1) is 11.3. The van der Waals surface area contributed by atoms with E-state index in [0.717, 1.165) is 45.4 Å². The SMILES string of the molecule is CO[C@@H]1CCNC[C@@H]1NC(=O)C1(N2CCCCC2)CCCCC1. The zero-order valence-corrected chi connectivity index (χ0v) is 14.6. The predicted molar refractivity (Wildman–Crippen MR) is 91.5 cm³/mol. The molecule has 5 nitrogen and oxygen atoms in total. The molecule has 0 aromatic carbocycles. The molecule has 132 valence electrons. The van der Waals surface area contributed by atoms with E-state index in [4.69, 9.17) is 4.74 Å². The summed E-state index contributed by atoms with van der Waals surface area (Å²) in [5.74, 6) is 0.259. The highest BCUT2D eigenvalue weighted by Crippen LogP contribution is 2.36. The summed E-state index contributed by atoms with van der Waals surface area (Å²) in [5.41, 5.74) is -0.256. The van der Waals surface area contributed by atoms with Crippen LogP contribution in [0.3, 0.4) is 0 Å². The fourth-order valence-electron chi connectivity index (χ4n) is 4.71. The van der Waals surface area contributed by atoms with Crippen LogP contribution in [0.2, 0.25) is 0 Å². The lowest BCUT2D eigenvalue weighted by molar-refractivity contribution is -0.139. The third-order valence-corrected chi connectivity index (χ3v) is 6.10. The molecule has 2 saturated heterocycles. The smallest absolute Gasteiger partial charge is 0.240 e. The van der Waals surface area contributed by atoms with Crippen molar-refractivity contribution in [2.24, 2.45) is 0 Å². The maximum atomic E-state index is 13.3. The topological polar surface area (TPSA) is 53.6 Å². The van der Waals surface area contributed by atoms with Gasteiger partial charge in [-0.3, -0.25) is 9.69 Å². The van der Waals surface area contributed by atoms with Crippen LogP contribution in [-0.4, -0.2) is 61.8 Å². The molecule has 1 aliphatic carbocycles. The predicted octanol–water partition coefficient (Wildman–Crippen LogP) is 1.67. The molecule has 23 heavy (non-hydrogen) atoms. The van der Waals surface area contributed by atoms with Gasteiger partial charge in [-0.2, -0.15) is 0 Å². The van der Waals surface area contributed by atoms with Crippen molar-refractivity contribution in [2.45, 2.75) is 75.5 Å². The zero-order chi connectivity index (χ0) is 16.1. The summed E-state index contributed by atoms with van der Waals surface area (Å²) in [5, 5.41) is 6.75. The van der Waals surface area contributed by atoms with Gasteiger partial charge in [0.15, 0.2) is 0 Å². The number of ether oxygens (including phenoxy) is 1. The number of nitrogens with zero attached hydrogens (tertiary/aromatic N) is 1. The molecule has 0 aromatic heterocycles. The van der Waals surface area contributed by atoms with Crippen LogP contribution in [-0.2, 0) is 9.53 Å². The number of amides is 1. The summed E-state index contributed by atoms with van der Waals surface area (Å²) in [6.45, 7) is 3.97. The number of methoxy groups -OCH3 is 1. The van der Waals surface area contributed by atoms with E-state index < -0.39 is 0 Å². The molecule has 3 aliphatic rings. The lowest BCUT2D eigenvalue weighted by Gasteiger charge is -2.47. The molecule has 2 aliphatic heterocycles. The Hall–Kier alpha value is -0.650. The highest BCUT2D eigenvalue weighted by molar-refractivity contribution is 5.86. The summed E-state index contributed by atoms with van der Waals surface area (Å²) in [4.78, 5) is 15.8. The summed E-state index contributed by atoms with van der Waals surface area (Å²) in [6.07, 6.45) is 10.6. The number of nitrogens with one attached hydrogen (secondary N) is 2. The fourth-order valence-corrected chi connectivity index (χ4v) is 4.71. The van der Waals surface area contributed by atoms with Crippen LogP contribution in [0.1, 0.15) is 57.8 Å². The average Bonchev–Trinajstić information content (AvgIpc) is 2.63. The number of hydrogen-bond acceptors (Lipinski definition) is 4. The number of carbonyl (C=O) groups is 1. The third-order valence-electron chi connectivity index (χ3n) is 6.10. The summed E-state index contributed by atoms with van der Waals surface area (Å²) < 4.78 is 5.60. The largest absolute Gasteiger partial charge is 0.379 e. The van der Waals surface area contributed by atoms with E-state index in [1.54, 1.807) is 7.11 Å². The first-order valence-electron chi connectivity index (χ1n) is 9.56. The van der Waals surface area contributed by atoms with E-state index in [1.165, 1.54) is 38.5 Å². The van der Waals surface area contributed by atoms with Crippen LogP contribution in [0.25, 0.3) is 0 Å². The Bertz CT molecular complexity index is 390. The molecule has 1 amide bonds. The minimum absolute atomic E-state index is 0.102. The second-order valence-electron chi connectivity index (χ2n) is 7.49. The van der Waals surface area contributed by atoms with Crippen molar-refractivity contribution in [1.29, 1.82) is 0 Å². The Morgan fingerprint density at radius 1 is 1.13 bits per heavy atom. The first kappa shape index (κ1) is 17.2. The summed E-state index contributed by atoms with van der Waals surface area (Å²) >= 11 is 0. The quantitative estimate of drug-likeness (QED) is 0.826. The third kappa shape index (κ3) is 3.72. The van der Waals surface area contributed by atoms with Gasteiger partial charge >= 0.3 is 0 Å². The van der Waals surface area contributed by atoms with E-state index in [0.29, 0.717) is 0 Å². The molecular formula is C18H33N3O2. The number of carbonyl (C=O) groups excluding carboxylic acids is 1. The van der Waals surface area contributed by atoms with Gasteiger partial charge in [-0.15, -0.1) is 0 Å². The van der Waals surface area contributed by atoms with Crippen molar-refractivity contribution < 1.29 is 9.53 Å². The highest BCUT2D eigenvalue weighted by Gasteiger charge is 2.45. The molecule has 0 radical (unpaired) electrons. The van der Waals surface area contributed by atoms with Crippen LogP contribution < -0.4 is 10.6 Å². The normalized spacial score (nSPS) is 32.4. The van der Waals surface area contributed by atoms with Crippen LogP contribution in [0, 0.1) is 0 Å². The lowest BCUT2D eigenvalue weighted by atomic mass is 9.78. The minimum atomic E-state index is -0.256. The number of likely N-dealkylation sites (tertiary alicyclic amines) is 1. The van der Waals surface area contributed by atoms with Gasteiger partial charge in [-0.25, -0.2) is 0 Å². The molecule has 0 unspecified atom stereocenters. The molecule has 3 fully saturated rings. The van der Waals surface area contributed by atoms with Crippen LogP contribution >= 0.6 is 0 Å². The van der Waals surface area contributed by atoms with Crippen LogP contribution in [0.4, 0.5) is 0 Å². The van der Waals surface area contributed by atoms with Crippen molar-refractivity contribution >= 4 is 5.91 Å². The summed E-state index contributed by atoms with van der Waals surface area (Å²) in [7, 11) is 1.76. The lowest BCUT2D eigenvalue weighted by Crippen LogP contribution is -2.65. The molecule has 1 saturated carbocycles. The molecule has 3 rings (SSSR count). The van der Waals surface area contributed by atoms with E-state index in [-0.39, 0.29) is 23.6 Å². The fraction of sp³-hybridized carbons (Fsp3) is 0.944. The Morgan fingerprint density at radius 3 is 2.52 bits per heavy atom. The van der Waals surface area contributed by atoms with E-state index in [2.05, 4.69) is 15.5 Å². The van der Waals surface area contributed by atoms with Gasteiger partial charge in [0.1, 0.15) is 5.54 Å². The van der Waals surface area contributed by atoms with Crippen molar-refractivity contribution in [2.75, 3.05) is 33.3 Å². The van der Waals surface area contributed by atoms with Gasteiger partial charge in [-0.1, -0.05) is 25.7 Å². The Morgan fingerprint density at radius 2 is 1.83 bits per heavy atom. The van der Waals surface area contributed by atoms with Crippen molar-refractivity contribution in [3.63, 3.8) is 0 Å².